The summed E-state index contributed by atoms with van der Waals surface area (Å²) >= 11 is 0. The van der Waals surface area contributed by atoms with Crippen LogP contribution >= 0.6 is 0 Å². The number of amides is 2. The fourth-order valence-electron chi connectivity index (χ4n) is 2.83. The maximum Gasteiger partial charge on any atom is 0.276 e. The molecule has 2 heterocycles. The van der Waals surface area contributed by atoms with Gasteiger partial charge in [0, 0.05) is 20.6 Å². The Bertz CT molecular complexity index is 513. The van der Waals surface area contributed by atoms with Crippen LogP contribution in [0, 0.1) is 6.92 Å². The van der Waals surface area contributed by atoms with E-state index in [-0.39, 0.29) is 24.6 Å². The van der Waals surface area contributed by atoms with Gasteiger partial charge >= 0.3 is 0 Å². The lowest BCUT2D eigenvalue weighted by Gasteiger charge is -2.36. The second-order valence-electron chi connectivity index (χ2n) is 5.11. The van der Waals surface area contributed by atoms with Crippen molar-refractivity contribution in [2.24, 2.45) is 5.73 Å². The highest BCUT2D eigenvalue weighted by molar-refractivity contribution is 5.93. The Labute approximate surface area is 117 Å². The Hall–Kier alpha value is -1.89. The molecule has 1 atom stereocenters. The van der Waals surface area contributed by atoms with Crippen LogP contribution in [0.2, 0.25) is 0 Å². The van der Waals surface area contributed by atoms with E-state index in [9.17, 15) is 9.59 Å². The van der Waals surface area contributed by atoms with Gasteiger partial charge in [0.05, 0.1) is 18.6 Å². The van der Waals surface area contributed by atoms with Crippen molar-refractivity contribution >= 4 is 11.8 Å². The molecule has 2 amide bonds. The average Bonchev–Trinajstić information content (AvgIpc) is 2.95. The van der Waals surface area contributed by atoms with E-state index in [1.807, 2.05) is 0 Å². The van der Waals surface area contributed by atoms with Gasteiger partial charge in [-0.05, 0) is 12.8 Å². The molecule has 1 saturated heterocycles. The molecule has 1 aliphatic rings. The maximum absolute atomic E-state index is 12.5. The number of aryl methyl sites for hydroxylation is 1. The van der Waals surface area contributed by atoms with Gasteiger partial charge in [0.2, 0.25) is 5.91 Å². The highest BCUT2D eigenvalue weighted by Crippen LogP contribution is 2.34. The van der Waals surface area contributed by atoms with Gasteiger partial charge < -0.3 is 19.8 Å². The highest BCUT2D eigenvalue weighted by Gasteiger charge is 2.45. The fraction of sp³-hybridized carbons (Fsp3) is 0.615. The molecular weight excluding hydrogens is 262 g/mol. The van der Waals surface area contributed by atoms with E-state index in [0.29, 0.717) is 18.9 Å². The lowest BCUT2D eigenvalue weighted by molar-refractivity contribution is -0.121. The number of ether oxygens (including phenoxy) is 1. The number of rotatable bonds is 5. The molecule has 1 fully saturated rings. The fourth-order valence-corrected chi connectivity index (χ4v) is 2.83. The predicted molar refractivity (Wildman–Crippen MR) is 69.9 cm³/mol. The largest absolute Gasteiger partial charge is 0.448 e. The third-order valence-corrected chi connectivity index (χ3v) is 3.60. The van der Waals surface area contributed by atoms with Crippen molar-refractivity contribution in [3.63, 3.8) is 0 Å². The van der Waals surface area contributed by atoms with Gasteiger partial charge in [0.25, 0.3) is 5.91 Å². The van der Waals surface area contributed by atoms with E-state index < -0.39 is 11.4 Å². The van der Waals surface area contributed by atoms with Gasteiger partial charge in [-0.2, -0.15) is 0 Å². The van der Waals surface area contributed by atoms with E-state index >= 15 is 0 Å². The van der Waals surface area contributed by atoms with Crippen molar-refractivity contribution in [3.05, 3.63) is 17.8 Å². The molecule has 0 saturated carbocycles. The number of aromatic nitrogens is 1. The molecule has 2 N–H and O–H groups in total. The first-order valence-corrected chi connectivity index (χ1v) is 6.50. The molecule has 1 aromatic rings. The van der Waals surface area contributed by atoms with Crippen LogP contribution in [-0.2, 0) is 9.53 Å². The number of primary amides is 1. The summed E-state index contributed by atoms with van der Waals surface area (Å²) in [7, 11) is 1.55. The van der Waals surface area contributed by atoms with E-state index in [2.05, 4.69) is 4.98 Å². The summed E-state index contributed by atoms with van der Waals surface area (Å²) in [5.41, 5.74) is 4.90. The van der Waals surface area contributed by atoms with E-state index in [1.54, 1.807) is 18.9 Å². The van der Waals surface area contributed by atoms with Crippen LogP contribution in [-0.4, -0.2) is 47.5 Å². The molecule has 2 rings (SSSR count). The van der Waals surface area contributed by atoms with Crippen molar-refractivity contribution in [1.82, 2.24) is 9.88 Å². The summed E-state index contributed by atoms with van der Waals surface area (Å²) in [6, 6.07) is 0. The van der Waals surface area contributed by atoms with Gasteiger partial charge in [0.15, 0.2) is 11.6 Å². The molecule has 0 radical (unpaired) electrons. The minimum Gasteiger partial charge on any atom is -0.448 e. The Kier molecular flexibility index (Phi) is 4.08. The Balaban J connectivity index is 2.27. The number of methoxy groups -OCH3 is 1. The second kappa shape index (κ2) is 5.62. The van der Waals surface area contributed by atoms with Gasteiger partial charge in [0.1, 0.15) is 6.26 Å². The van der Waals surface area contributed by atoms with Crippen LogP contribution in [0.25, 0.3) is 0 Å². The summed E-state index contributed by atoms with van der Waals surface area (Å²) in [4.78, 5) is 29.5. The second-order valence-corrected chi connectivity index (χ2v) is 5.11. The van der Waals surface area contributed by atoms with Gasteiger partial charge in [-0.1, -0.05) is 0 Å². The van der Waals surface area contributed by atoms with Crippen molar-refractivity contribution in [2.75, 3.05) is 20.3 Å². The van der Waals surface area contributed by atoms with Crippen LogP contribution < -0.4 is 5.73 Å². The van der Waals surface area contributed by atoms with E-state index in [0.717, 1.165) is 6.42 Å². The topological polar surface area (TPSA) is 98.7 Å². The molecular formula is C13H19N3O4. The maximum atomic E-state index is 12.5. The summed E-state index contributed by atoms with van der Waals surface area (Å²) in [6.45, 7) is 2.51. The predicted octanol–water partition coefficient (Wildman–Crippen LogP) is 0.480. The number of hydrogen-bond acceptors (Lipinski definition) is 5. The molecule has 20 heavy (non-hydrogen) atoms. The number of carbonyl (C=O) groups excluding carboxylic acids is 2. The first-order chi connectivity index (χ1) is 9.48. The number of hydrogen-bond donors (Lipinski definition) is 1. The molecule has 0 spiro atoms. The lowest BCUT2D eigenvalue weighted by Crippen LogP contribution is -2.52. The molecule has 7 nitrogen and oxygen atoms in total. The standard InChI is InChI=1S/C13H19N3O4/c1-9-15-10(7-20-9)12(18)16-5-3-4-13(16,8-19-2)6-11(14)17/h7H,3-6,8H2,1-2H3,(H2,14,17)/t13-/m0/s1. The van der Waals surface area contributed by atoms with Crippen LogP contribution in [0.3, 0.4) is 0 Å². The Morgan fingerprint density at radius 3 is 2.90 bits per heavy atom. The molecule has 0 unspecified atom stereocenters. The molecule has 1 aromatic heterocycles. The van der Waals surface area contributed by atoms with Gasteiger partial charge in [-0.25, -0.2) is 4.98 Å². The lowest BCUT2D eigenvalue weighted by atomic mass is 9.92. The number of oxazole rings is 1. The van der Waals surface area contributed by atoms with Gasteiger partial charge in [-0.3, -0.25) is 9.59 Å². The van der Waals surface area contributed by atoms with Crippen LogP contribution in [0.4, 0.5) is 0 Å². The summed E-state index contributed by atoms with van der Waals surface area (Å²) < 4.78 is 10.3. The van der Waals surface area contributed by atoms with Gasteiger partial charge in [-0.15, -0.1) is 0 Å². The number of carbonyl (C=O) groups is 2. The first-order valence-electron chi connectivity index (χ1n) is 6.50. The Morgan fingerprint density at radius 2 is 2.35 bits per heavy atom. The quantitative estimate of drug-likeness (QED) is 0.846. The zero-order valence-electron chi connectivity index (χ0n) is 11.7. The molecule has 1 aliphatic heterocycles. The monoisotopic (exact) mass is 281 g/mol. The van der Waals surface area contributed by atoms with Crippen LogP contribution in [0.5, 0.6) is 0 Å². The highest BCUT2D eigenvalue weighted by atomic mass is 16.5. The molecule has 110 valence electrons. The third kappa shape index (κ3) is 2.67. The van der Waals surface area contributed by atoms with Crippen molar-refractivity contribution < 1.29 is 18.7 Å². The first kappa shape index (κ1) is 14.5. The minimum atomic E-state index is -0.676. The molecule has 7 heteroatoms. The smallest absolute Gasteiger partial charge is 0.276 e. The molecule has 0 bridgehead atoms. The van der Waals surface area contributed by atoms with Crippen molar-refractivity contribution in [3.8, 4) is 0 Å². The van der Waals surface area contributed by atoms with Crippen molar-refractivity contribution in [1.29, 1.82) is 0 Å². The number of nitrogens with zero attached hydrogens (tertiary/aromatic N) is 2. The Morgan fingerprint density at radius 1 is 1.60 bits per heavy atom. The van der Waals surface area contributed by atoms with E-state index in [4.69, 9.17) is 14.9 Å². The van der Waals surface area contributed by atoms with Crippen LogP contribution in [0.15, 0.2) is 10.7 Å². The van der Waals surface area contributed by atoms with Crippen molar-refractivity contribution in [2.45, 2.75) is 31.7 Å². The summed E-state index contributed by atoms with van der Waals surface area (Å²) in [6.07, 6.45) is 2.91. The number of nitrogens with two attached hydrogens (primary N) is 1. The molecule has 0 aliphatic carbocycles. The van der Waals surface area contributed by atoms with Crippen LogP contribution in [0.1, 0.15) is 35.6 Å². The minimum absolute atomic E-state index is 0.0867. The zero-order chi connectivity index (χ0) is 14.8. The summed E-state index contributed by atoms with van der Waals surface area (Å²) in [5.74, 6) is -0.268. The van der Waals surface area contributed by atoms with E-state index in [1.165, 1.54) is 6.26 Å². The summed E-state index contributed by atoms with van der Waals surface area (Å²) in [5, 5.41) is 0. The number of likely N-dealkylation sites (tertiary alicyclic amines) is 1. The average molecular weight is 281 g/mol. The normalized spacial score (nSPS) is 22.2. The molecule has 0 aromatic carbocycles. The SMILES string of the molecule is COC[C@@]1(CC(N)=O)CCCN1C(=O)c1coc(C)n1. The zero-order valence-corrected chi connectivity index (χ0v) is 11.7. The third-order valence-electron chi connectivity index (χ3n) is 3.60.